The smallest absolute Gasteiger partial charge is 0.279 e. The van der Waals surface area contributed by atoms with Crippen molar-refractivity contribution in [3.8, 4) is 22.6 Å². The van der Waals surface area contributed by atoms with Gasteiger partial charge in [0.15, 0.2) is 0 Å². The Balaban J connectivity index is 1.83. The van der Waals surface area contributed by atoms with Crippen molar-refractivity contribution in [2.24, 2.45) is 0 Å². The highest BCUT2D eigenvalue weighted by Gasteiger charge is 2.33. The Hall–Kier alpha value is -3.55. The third kappa shape index (κ3) is 3.69. The molecule has 1 N–H and O–H groups in total. The number of benzene rings is 5. The van der Waals surface area contributed by atoms with Crippen LogP contribution in [0.5, 0.6) is 11.5 Å². The van der Waals surface area contributed by atoms with Crippen LogP contribution in [-0.4, -0.2) is 10.8 Å². The molecule has 1 unspecified atom stereocenters. The van der Waals surface area contributed by atoms with Crippen molar-refractivity contribution in [3.63, 3.8) is 0 Å². The maximum atomic E-state index is 14.3. The predicted octanol–water partition coefficient (Wildman–Crippen LogP) is 7.76. The van der Waals surface area contributed by atoms with Crippen molar-refractivity contribution in [3.05, 3.63) is 103 Å². The summed E-state index contributed by atoms with van der Waals surface area (Å²) in [6.45, 7) is 3.84. The van der Waals surface area contributed by atoms with E-state index in [-0.39, 0.29) is 11.4 Å². The summed E-state index contributed by atoms with van der Waals surface area (Å²) in [7, 11) is -3.25. The second-order valence-electron chi connectivity index (χ2n) is 8.46. The Morgan fingerprint density at radius 2 is 1.21 bits per heavy atom. The maximum Gasteiger partial charge on any atom is 0.279 e. The molecule has 0 aromatic heterocycles. The SMILES string of the molecule is CC(C)P(=O)(Oc1ccc2ccccc2c1-c1c(O)ccc2ccccc12)c1ccccc1. The molecule has 5 aromatic rings. The van der Waals surface area contributed by atoms with Crippen LogP contribution in [0, 0.1) is 0 Å². The minimum atomic E-state index is -3.25. The van der Waals surface area contributed by atoms with Gasteiger partial charge in [-0.2, -0.15) is 0 Å². The van der Waals surface area contributed by atoms with E-state index >= 15 is 0 Å². The lowest BCUT2D eigenvalue weighted by molar-refractivity contribution is 0.475. The average Bonchev–Trinajstić information content (AvgIpc) is 2.85. The van der Waals surface area contributed by atoms with E-state index in [1.54, 1.807) is 6.07 Å². The van der Waals surface area contributed by atoms with Gasteiger partial charge in [-0.3, -0.25) is 4.57 Å². The number of fused-ring (bicyclic) bond motifs is 2. The quantitative estimate of drug-likeness (QED) is 0.277. The molecule has 5 rings (SSSR count). The van der Waals surface area contributed by atoms with Gasteiger partial charge < -0.3 is 9.63 Å². The molecule has 0 aliphatic rings. The lowest BCUT2D eigenvalue weighted by atomic mass is 9.92. The number of phenols is 1. The summed E-state index contributed by atoms with van der Waals surface area (Å²) in [6.07, 6.45) is 0. The highest BCUT2D eigenvalue weighted by atomic mass is 31.2. The standard InChI is InChI=1S/C29H25O3P/c1-20(2)33(31,23-12-4-3-5-13-23)32-27-19-17-22-11-7-9-15-25(22)29(27)28-24-14-8-6-10-21(24)16-18-26(28)30/h3-20,30H,1-2H3. The minimum absolute atomic E-state index is 0.161. The molecule has 0 fully saturated rings. The molecule has 0 spiro atoms. The summed E-state index contributed by atoms with van der Waals surface area (Å²) in [5.74, 6) is 0.662. The monoisotopic (exact) mass is 452 g/mol. The Morgan fingerprint density at radius 1 is 0.667 bits per heavy atom. The molecule has 0 heterocycles. The van der Waals surface area contributed by atoms with Crippen molar-refractivity contribution in [1.82, 2.24) is 0 Å². The predicted molar refractivity (Wildman–Crippen MR) is 138 cm³/mol. The van der Waals surface area contributed by atoms with Crippen molar-refractivity contribution in [1.29, 1.82) is 0 Å². The molecule has 0 saturated heterocycles. The lowest BCUT2D eigenvalue weighted by Crippen LogP contribution is -2.17. The van der Waals surface area contributed by atoms with Crippen LogP contribution in [0.3, 0.4) is 0 Å². The zero-order chi connectivity index (χ0) is 23.0. The van der Waals surface area contributed by atoms with Crippen molar-refractivity contribution in [2.45, 2.75) is 19.5 Å². The number of phenolic OH excluding ortho intramolecular Hbond substituents is 1. The Bertz CT molecular complexity index is 1510. The number of rotatable bonds is 5. The van der Waals surface area contributed by atoms with E-state index in [2.05, 4.69) is 0 Å². The Morgan fingerprint density at radius 3 is 1.85 bits per heavy atom. The zero-order valence-corrected chi connectivity index (χ0v) is 19.5. The van der Waals surface area contributed by atoms with Crippen molar-refractivity contribution >= 4 is 34.2 Å². The van der Waals surface area contributed by atoms with E-state index in [4.69, 9.17) is 4.52 Å². The molecule has 0 aliphatic heterocycles. The second-order valence-corrected chi connectivity index (χ2v) is 11.4. The van der Waals surface area contributed by atoms with Crippen LogP contribution < -0.4 is 9.83 Å². The molecule has 0 aliphatic carbocycles. The summed E-state index contributed by atoms with van der Waals surface area (Å²) in [6, 6.07) is 32.8. The highest BCUT2D eigenvalue weighted by molar-refractivity contribution is 7.68. The van der Waals surface area contributed by atoms with Crippen LogP contribution >= 0.6 is 7.37 Å². The first-order valence-corrected chi connectivity index (χ1v) is 12.8. The third-order valence-electron chi connectivity index (χ3n) is 6.08. The van der Waals surface area contributed by atoms with E-state index in [1.807, 2.05) is 111 Å². The fraction of sp³-hybridized carbons (Fsp3) is 0.103. The minimum Gasteiger partial charge on any atom is -0.507 e. The molecule has 0 amide bonds. The van der Waals surface area contributed by atoms with Gasteiger partial charge in [-0.15, -0.1) is 0 Å². The van der Waals surface area contributed by atoms with Gasteiger partial charge in [0.25, 0.3) is 7.37 Å². The van der Waals surface area contributed by atoms with Crippen LogP contribution in [0.2, 0.25) is 0 Å². The molecule has 0 bridgehead atoms. The van der Waals surface area contributed by atoms with Gasteiger partial charge in [0, 0.05) is 22.1 Å². The van der Waals surface area contributed by atoms with E-state index < -0.39 is 7.37 Å². The van der Waals surface area contributed by atoms with Crippen LogP contribution in [-0.2, 0) is 4.57 Å². The highest BCUT2D eigenvalue weighted by Crippen LogP contribution is 2.54. The fourth-order valence-corrected chi connectivity index (χ4v) is 6.29. The van der Waals surface area contributed by atoms with Crippen LogP contribution in [0.25, 0.3) is 32.7 Å². The first-order chi connectivity index (χ1) is 16.0. The number of hydrogen-bond donors (Lipinski definition) is 1. The molecular weight excluding hydrogens is 427 g/mol. The van der Waals surface area contributed by atoms with E-state index in [0.29, 0.717) is 16.6 Å². The van der Waals surface area contributed by atoms with Gasteiger partial charge in [0.05, 0.1) is 0 Å². The summed E-state index contributed by atoms with van der Waals surface area (Å²) in [5, 5.41) is 15.6. The fourth-order valence-electron chi connectivity index (χ4n) is 4.35. The molecule has 4 heteroatoms. The third-order valence-corrected chi connectivity index (χ3v) is 8.92. The second kappa shape index (κ2) is 8.42. The van der Waals surface area contributed by atoms with Gasteiger partial charge in [-0.05, 0) is 45.8 Å². The largest absolute Gasteiger partial charge is 0.507 e. The maximum absolute atomic E-state index is 14.3. The summed E-state index contributed by atoms with van der Waals surface area (Å²) >= 11 is 0. The lowest BCUT2D eigenvalue weighted by Gasteiger charge is -2.26. The van der Waals surface area contributed by atoms with Gasteiger partial charge in [-0.1, -0.05) is 92.7 Å². The Kier molecular flexibility index (Phi) is 5.44. The van der Waals surface area contributed by atoms with Crippen LogP contribution in [0.1, 0.15) is 13.8 Å². The Labute approximate surface area is 193 Å². The molecule has 5 aromatic carbocycles. The van der Waals surface area contributed by atoms with E-state index in [9.17, 15) is 9.67 Å². The van der Waals surface area contributed by atoms with Gasteiger partial charge in [0.1, 0.15) is 11.5 Å². The van der Waals surface area contributed by atoms with Crippen molar-refractivity contribution < 1.29 is 14.2 Å². The number of aromatic hydroxyl groups is 1. The molecule has 164 valence electrons. The number of hydrogen-bond acceptors (Lipinski definition) is 3. The molecule has 0 radical (unpaired) electrons. The molecule has 33 heavy (non-hydrogen) atoms. The van der Waals surface area contributed by atoms with Gasteiger partial charge in [-0.25, -0.2) is 0 Å². The van der Waals surface area contributed by atoms with E-state index in [0.717, 1.165) is 27.1 Å². The van der Waals surface area contributed by atoms with Crippen molar-refractivity contribution in [2.75, 3.05) is 0 Å². The molecule has 0 saturated carbocycles. The summed E-state index contributed by atoms with van der Waals surface area (Å²) in [5.41, 5.74) is 1.21. The normalized spacial score (nSPS) is 13.3. The first kappa shape index (κ1) is 21.3. The summed E-state index contributed by atoms with van der Waals surface area (Å²) < 4.78 is 20.8. The van der Waals surface area contributed by atoms with Gasteiger partial charge in [0.2, 0.25) is 0 Å². The van der Waals surface area contributed by atoms with Crippen LogP contribution in [0.15, 0.2) is 103 Å². The van der Waals surface area contributed by atoms with Crippen LogP contribution in [0.4, 0.5) is 0 Å². The van der Waals surface area contributed by atoms with Gasteiger partial charge >= 0.3 is 0 Å². The topological polar surface area (TPSA) is 46.5 Å². The first-order valence-electron chi connectivity index (χ1n) is 11.1. The molecule has 3 nitrogen and oxygen atoms in total. The van der Waals surface area contributed by atoms with E-state index in [1.165, 1.54) is 0 Å². The molecule has 1 atom stereocenters. The zero-order valence-electron chi connectivity index (χ0n) is 18.6. The summed E-state index contributed by atoms with van der Waals surface area (Å²) in [4.78, 5) is 0. The molecular formula is C29H25O3P. The average molecular weight is 452 g/mol.